The number of likely N-dealkylation sites (tertiary alicyclic amines) is 1. The number of amides is 2. The first-order valence-corrected chi connectivity index (χ1v) is 14.6. The van der Waals surface area contributed by atoms with Crippen LogP contribution in [0.5, 0.6) is 0 Å². The Morgan fingerprint density at radius 3 is 2.38 bits per heavy atom. The minimum atomic E-state index is -1.20. The number of ketones is 1. The van der Waals surface area contributed by atoms with Crippen LogP contribution in [0.4, 0.5) is 4.39 Å². The summed E-state index contributed by atoms with van der Waals surface area (Å²) < 4.78 is 19.6. The molecular formula is C32H40FN5O4. The Kier molecular flexibility index (Phi) is 8.65. The lowest BCUT2D eigenvalue weighted by Crippen LogP contribution is -2.67. The molecule has 2 aromatic carbocycles. The summed E-state index contributed by atoms with van der Waals surface area (Å²) in [6, 6.07) is 14.7. The van der Waals surface area contributed by atoms with Crippen LogP contribution >= 0.6 is 0 Å². The molecule has 5 rings (SSSR count). The van der Waals surface area contributed by atoms with Crippen LogP contribution in [0.15, 0.2) is 66.5 Å². The normalized spacial score (nSPS) is 21.3. The zero-order valence-corrected chi connectivity index (χ0v) is 24.4. The van der Waals surface area contributed by atoms with Gasteiger partial charge in [0.1, 0.15) is 23.2 Å². The maximum Gasteiger partial charge on any atom is 0.247 e. The Bertz CT molecular complexity index is 1320. The van der Waals surface area contributed by atoms with Crippen molar-refractivity contribution in [2.24, 2.45) is 5.73 Å². The van der Waals surface area contributed by atoms with Crippen molar-refractivity contribution in [1.29, 1.82) is 0 Å². The lowest BCUT2D eigenvalue weighted by molar-refractivity contribution is -0.145. The van der Waals surface area contributed by atoms with Gasteiger partial charge in [0.15, 0.2) is 5.78 Å². The van der Waals surface area contributed by atoms with Crippen LogP contribution in [0.1, 0.15) is 37.8 Å². The average Bonchev–Trinajstić information content (AvgIpc) is 3.60. The van der Waals surface area contributed by atoms with Crippen molar-refractivity contribution in [1.82, 2.24) is 20.0 Å². The first-order valence-electron chi connectivity index (χ1n) is 14.6. The Labute approximate surface area is 246 Å². The van der Waals surface area contributed by atoms with Gasteiger partial charge in [0.05, 0.1) is 25.3 Å². The molecule has 0 saturated carbocycles. The molecule has 0 aromatic heterocycles. The Balaban J connectivity index is 1.39. The highest BCUT2D eigenvalue weighted by Crippen LogP contribution is 2.38. The van der Waals surface area contributed by atoms with E-state index in [0.29, 0.717) is 19.5 Å². The molecular weight excluding hydrogens is 537 g/mol. The number of ether oxygens (including phenoxy) is 1. The van der Waals surface area contributed by atoms with Gasteiger partial charge in [-0.1, -0.05) is 42.5 Å². The van der Waals surface area contributed by atoms with Gasteiger partial charge >= 0.3 is 0 Å². The molecule has 0 unspecified atom stereocenters. The third kappa shape index (κ3) is 6.34. The fraction of sp³-hybridized carbons (Fsp3) is 0.469. The summed E-state index contributed by atoms with van der Waals surface area (Å²) in [6.45, 7) is 6.10. The number of nitrogens with one attached hydrogen (secondary N) is 1. The summed E-state index contributed by atoms with van der Waals surface area (Å²) in [5, 5.41) is 2.79. The monoisotopic (exact) mass is 577 g/mol. The van der Waals surface area contributed by atoms with Crippen LogP contribution < -0.4 is 11.1 Å². The van der Waals surface area contributed by atoms with E-state index in [9.17, 15) is 18.8 Å². The van der Waals surface area contributed by atoms with Gasteiger partial charge in [-0.25, -0.2) is 4.39 Å². The van der Waals surface area contributed by atoms with Gasteiger partial charge in [0.25, 0.3) is 0 Å². The summed E-state index contributed by atoms with van der Waals surface area (Å²) in [6.07, 6.45) is 4.16. The molecule has 0 aliphatic carbocycles. The molecule has 9 nitrogen and oxygen atoms in total. The second-order valence-electron chi connectivity index (χ2n) is 12.1. The van der Waals surface area contributed by atoms with Crippen LogP contribution in [0.2, 0.25) is 0 Å². The first kappa shape index (κ1) is 29.7. The lowest BCUT2D eigenvalue weighted by Gasteiger charge is -2.49. The number of rotatable bonds is 10. The van der Waals surface area contributed by atoms with E-state index in [1.165, 1.54) is 12.1 Å². The molecule has 0 spiro atoms. The Morgan fingerprint density at radius 2 is 1.71 bits per heavy atom. The number of carbonyl (C=O) groups excluding carboxylic acids is 3. The number of piperazine rings is 1. The van der Waals surface area contributed by atoms with Gasteiger partial charge in [-0.2, -0.15) is 0 Å². The molecule has 3 aliphatic rings. The van der Waals surface area contributed by atoms with Gasteiger partial charge in [0, 0.05) is 38.7 Å². The molecule has 0 radical (unpaired) electrons. The number of carbonyl (C=O) groups is 3. The molecule has 2 amide bonds. The van der Waals surface area contributed by atoms with E-state index in [1.54, 1.807) is 37.0 Å². The number of nitrogens with two attached hydrogens (primary N) is 1. The molecule has 3 heterocycles. The molecule has 3 N–H and O–H groups in total. The van der Waals surface area contributed by atoms with Crippen molar-refractivity contribution in [3.63, 3.8) is 0 Å². The van der Waals surface area contributed by atoms with Gasteiger partial charge in [0.2, 0.25) is 11.8 Å². The molecule has 2 atom stereocenters. The third-order valence-corrected chi connectivity index (χ3v) is 8.29. The largest absolute Gasteiger partial charge is 0.374 e. The third-order valence-electron chi connectivity index (χ3n) is 8.29. The quantitative estimate of drug-likeness (QED) is 0.446. The molecule has 42 heavy (non-hydrogen) atoms. The summed E-state index contributed by atoms with van der Waals surface area (Å²) in [5.74, 6) is -0.332. The van der Waals surface area contributed by atoms with Crippen LogP contribution in [-0.4, -0.2) is 88.7 Å². The van der Waals surface area contributed by atoms with E-state index in [1.807, 2.05) is 30.3 Å². The number of hydrogen-bond acceptors (Lipinski definition) is 7. The van der Waals surface area contributed by atoms with E-state index in [4.69, 9.17) is 10.5 Å². The smallest absolute Gasteiger partial charge is 0.247 e. The Hall–Kier alpha value is -3.76. The predicted octanol–water partition coefficient (Wildman–Crippen LogP) is 2.21. The summed E-state index contributed by atoms with van der Waals surface area (Å²) in [4.78, 5) is 46.8. The number of halogens is 1. The van der Waals surface area contributed by atoms with Crippen LogP contribution in [0, 0.1) is 5.82 Å². The van der Waals surface area contributed by atoms with Crippen LogP contribution in [-0.2, 0) is 32.1 Å². The predicted molar refractivity (Wildman–Crippen MR) is 156 cm³/mol. The average molecular weight is 578 g/mol. The second-order valence-corrected chi connectivity index (χ2v) is 12.1. The first-order chi connectivity index (χ1) is 20.1. The highest BCUT2D eigenvalue weighted by Gasteiger charge is 2.54. The maximum absolute atomic E-state index is 14.1. The second kappa shape index (κ2) is 12.2. The van der Waals surface area contributed by atoms with E-state index in [0.717, 1.165) is 42.9 Å². The Morgan fingerprint density at radius 1 is 1.02 bits per heavy atom. The molecule has 0 bridgehead atoms. The van der Waals surface area contributed by atoms with Crippen molar-refractivity contribution in [2.45, 2.75) is 56.8 Å². The fourth-order valence-electron chi connectivity index (χ4n) is 5.97. The summed E-state index contributed by atoms with van der Waals surface area (Å²) >= 11 is 0. The highest BCUT2D eigenvalue weighted by molar-refractivity contribution is 6.02. The summed E-state index contributed by atoms with van der Waals surface area (Å²) in [7, 11) is 0. The standard InChI is InChI=1S/C32H40FN5O4/c1-31(2,34)30(41)35-26(21-42-20-24-8-4-3-5-9-24)29(40)37-16-17-38-28(36-14-6-7-15-36)18-27(39)32(38,22-37)19-23-10-12-25(33)13-11-23/h3-5,8-13,18,26H,6-7,14-17,19-22,34H2,1-2H3,(H,35,41)/t26-,32+/m1/s1. The zero-order valence-electron chi connectivity index (χ0n) is 24.4. The molecule has 3 aliphatic heterocycles. The van der Waals surface area contributed by atoms with Crippen molar-refractivity contribution in [2.75, 3.05) is 39.3 Å². The summed E-state index contributed by atoms with van der Waals surface area (Å²) in [5.41, 5.74) is 5.56. The number of benzene rings is 2. The minimum absolute atomic E-state index is 0.0497. The van der Waals surface area contributed by atoms with Crippen LogP contribution in [0.3, 0.4) is 0 Å². The number of hydrogen-bond donors (Lipinski definition) is 2. The van der Waals surface area contributed by atoms with E-state index >= 15 is 0 Å². The fourth-order valence-corrected chi connectivity index (χ4v) is 5.97. The SMILES string of the molecule is CC(C)(N)C(=O)N[C@H](COCc1ccccc1)C(=O)N1CCN2C(N3CCCC3)=CC(=O)[C@]2(Cc2ccc(F)cc2)C1. The highest BCUT2D eigenvalue weighted by atomic mass is 19.1. The molecule has 10 heteroatoms. The molecule has 2 aromatic rings. The molecule has 2 fully saturated rings. The van der Waals surface area contributed by atoms with Gasteiger partial charge in [-0.15, -0.1) is 0 Å². The number of fused-ring (bicyclic) bond motifs is 1. The van der Waals surface area contributed by atoms with Gasteiger partial charge < -0.3 is 30.5 Å². The lowest BCUT2D eigenvalue weighted by atomic mass is 9.84. The van der Waals surface area contributed by atoms with Crippen molar-refractivity contribution in [3.8, 4) is 0 Å². The minimum Gasteiger partial charge on any atom is -0.374 e. The van der Waals surface area contributed by atoms with Crippen LogP contribution in [0.25, 0.3) is 0 Å². The molecule has 224 valence electrons. The zero-order chi connectivity index (χ0) is 29.9. The van der Waals surface area contributed by atoms with Crippen molar-refractivity contribution >= 4 is 17.6 Å². The van der Waals surface area contributed by atoms with E-state index < -0.39 is 23.0 Å². The maximum atomic E-state index is 14.1. The van der Waals surface area contributed by atoms with Crippen molar-refractivity contribution < 1.29 is 23.5 Å². The number of nitrogens with zero attached hydrogens (tertiary/aromatic N) is 3. The topological polar surface area (TPSA) is 108 Å². The molecule has 2 saturated heterocycles. The van der Waals surface area contributed by atoms with E-state index in [-0.39, 0.29) is 37.3 Å². The van der Waals surface area contributed by atoms with Gasteiger partial charge in [-0.3, -0.25) is 14.4 Å². The van der Waals surface area contributed by atoms with E-state index in [2.05, 4.69) is 15.1 Å². The van der Waals surface area contributed by atoms with Crippen molar-refractivity contribution in [3.05, 3.63) is 83.4 Å². The van der Waals surface area contributed by atoms with Gasteiger partial charge in [-0.05, 0) is 49.9 Å².